The molecule has 0 spiro atoms. The molecule has 1 atom stereocenters. The van der Waals surface area contributed by atoms with Crippen LogP contribution < -0.4 is 5.32 Å². The van der Waals surface area contributed by atoms with E-state index in [-0.39, 0.29) is 11.7 Å². The van der Waals surface area contributed by atoms with Gasteiger partial charge in [-0.1, -0.05) is 44.2 Å². The first kappa shape index (κ1) is 18.2. The largest absolute Gasteiger partial charge is 0.322 e. The Labute approximate surface area is 143 Å². The van der Waals surface area contributed by atoms with E-state index in [9.17, 15) is 13.2 Å². The average Bonchev–Trinajstić information content (AvgIpc) is 2.53. The van der Waals surface area contributed by atoms with E-state index in [2.05, 4.69) is 19.2 Å². The summed E-state index contributed by atoms with van der Waals surface area (Å²) in [6.07, 6.45) is 2.19. The molecule has 0 fully saturated rings. The molecule has 24 heavy (non-hydrogen) atoms. The Morgan fingerprint density at radius 1 is 1.08 bits per heavy atom. The minimum Gasteiger partial charge on any atom is -0.322 e. The van der Waals surface area contributed by atoms with E-state index in [0.717, 1.165) is 17.7 Å². The molecule has 0 aliphatic rings. The zero-order valence-corrected chi connectivity index (χ0v) is 15.1. The average molecular weight is 345 g/mol. The second kappa shape index (κ2) is 7.62. The van der Waals surface area contributed by atoms with Crippen molar-refractivity contribution < 1.29 is 13.2 Å². The molecule has 5 heteroatoms. The van der Waals surface area contributed by atoms with Crippen LogP contribution in [0.25, 0.3) is 0 Å². The number of hydrogen-bond acceptors (Lipinski definition) is 3. The fraction of sp³-hybridized carbons (Fsp3) is 0.316. The van der Waals surface area contributed by atoms with Crippen LogP contribution in [0.3, 0.4) is 0 Å². The molecule has 0 radical (unpaired) electrons. The molecular formula is C19H23NO3S. The number of nitrogens with one attached hydrogen (secondary N) is 1. The maximum absolute atomic E-state index is 12.4. The SMILES string of the molecule is CC[C@@H](C)c1ccccc1NC(=O)c1ccc(CS(C)(=O)=O)cc1. The Kier molecular flexibility index (Phi) is 5.78. The second-order valence-electron chi connectivity index (χ2n) is 6.12. The van der Waals surface area contributed by atoms with Gasteiger partial charge in [-0.3, -0.25) is 4.79 Å². The standard InChI is InChI=1S/C19H23NO3S/c1-4-14(2)17-7-5-6-8-18(17)20-19(21)16-11-9-15(10-12-16)13-24(3,22)23/h5-12,14H,4,13H2,1-3H3,(H,20,21)/t14-/m1/s1. The van der Waals surface area contributed by atoms with E-state index in [4.69, 9.17) is 0 Å². The third-order valence-corrected chi connectivity index (χ3v) is 4.85. The van der Waals surface area contributed by atoms with Crippen LogP contribution in [-0.2, 0) is 15.6 Å². The zero-order chi connectivity index (χ0) is 17.7. The van der Waals surface area contributed by atoms with Crippen LogP contribution in [0.15, 0.2) is 48.5 Å². The van der Waals surface area contributed by atoms with Gasteiger partial charge in [-0.2, -0.15) is 0 Å². The van der Waals surface area contributed by atoms with E-state index < -0.39 is 9.84 Å². The normalized spacial score (nSPS) is 12.6. The highest BCUT2D eigenvalue weighted by molar-refractivity contribution is 7.89. The molecule has 0 heterocycles. The molecule has 0 unspecified atom stereocenters. The van der Waals surface area contributed by atoms with Crippen molar-refractivity contribution in [2.24, 2.45) is 0 Å². The molecule has 1 N–H and O–H groups in total. The predicted molar refractivity (Wildman–Crippen MR) is 98.1 cm³/mol. The summed E-state index contributed by atoms with van der Waals surface area (Å²) in [6, 6.07) is 14.5. The number of carbonyl (C=O) groups excluding carboxylic acids is 1. The summed E-state index contributed by atoms with van der Waals surface area (Å²) in [5, 5.41) is 2.95. The van der Waals surface area contributed by atoms with E-state index in [1.807, 2.05) is 24.3 Å². The molecule has 0 bridgehead atoms. The number of amides is 1. The number of benzene rings is 2. The molecule has 0 saturated heterocycles. The highest BCUT2D eigenvalue weighted by atomic mass is 32.2. The van der Waals surface area contributed by atoms with Gasteiger partial charge in [0.15, 0.2) is 9.84 Å². The quantitative estimate of drug-likeness (QED) is 0.861. The fourth-order valence-corrected chi connectivity index (χ4v) is 3.31. The van der Waals surface area contributed by atoms with E-state index in [1.165, 1.54) is 6.26 Å². The van der Waals surface area contributed by atoms with Crippen molar-refractivity contribution in [3.8, 4) is 0 Å². The van der Waals surface area contributed by atoms with E-state index in [1.54, 1.807) is 24.3 Å². The first-order valence-corrected chi connectivity index (χ1v) is 10.0. The van der Waals surface area contributed by atoms with Gasteiger partial charge in [0.25, 0.3) is 5.91 Å². The lowest BCUT2D eigenvalue weighted by molar-refractivity contribution is 0.102. The lowest BCUT2D eigenvalue weighted by Gasteiger charge is -2.15. The van der Waals surface area contributed by atoms with Gasteiger partial charge < -0.3 is 5.32 Å². The summed E-state index contributed by atoms with van der Waals surface area (Å²) in [5.41, 5.74) is 3.11. The lowest BCUT2D eigenvalue weighted by atomic mass is 9.97. The predicted octanol–water partition coefficient (Wildman–Crippen LogP) is 4.00. The van der Waals surface area contributed by atoms with Crippen LogP contribution in [0, 0.1) is 0 Å². The summed E-state index contributed by atoms with van der Waals surface area (Å²) < 4.78 is 22.6. The minimum absolute atomic E-state index is 0.0221. The molecule has 1 amide bonds. The van der Waals surface area contributed by atoms with Gasteiger partial charge in [-0.25, -0.2) is 8.42 Å². The third kappa shape index (κ3) is 4.93. The Morgan fingerprint density at radius 3 is 2.29 bits per heavy atom. The number of para-hydroxylation sites is 1. The minimum atomic E-state index is -3.08. The molecule has 2 rings (SSSR count). The van der Waals surface area contributed by atoms with Crippen LogP contribution in [-0.4, -0.2) is 20.6 Å². The molecule has 0 aliphatic carbocycles. The Balaban J connectivity index is 2.16. The van der Waals surface area contributed by atoms with Crippen molar-refractivity contribution in [1.29, 1.82) is 0 Å². The van der Waals surface area contributed by atoms with Crippen molar-refractivity contribution in [3.63, 3.8) is 0 Å². The molecule has 0 saturated carbocycles. The van der Waals surface area contributed by atoms with E-state index in [0.29, 0.717) is 17.0 Å². The number of hydrogen-bond donors (Lipinski definition) is 1. The van der Waals surface area contributed by atoms with Gasteiger partial charge in [0.2, 0.25) is 0 Å². The van der Waals surface area contributed by atoms with Gasteiger partial charge in [-0.05, 0) is 41.7 Å². The summed E-state index contributed by atoms with van der Waals surface area (Å²) >= 11 is 0. The molecule has 2 aromatic carbocycles. The van der Waals surface area contributed by atoms with Gasteiger partial charge in [0.05, 0.1) is 5.75 Å². The summed E-state index contributed by atoms with van der Waals surface area (Å²) in [6.45, 7) is 4.24. The van der Waals surface area contributed by atoms with Gasteiger partial charge in [0, 0.05) is 17.5 Å². The monoisotopic (exact) mass is 345 g/mol. The van der Waals surface area contributed by atoms with Gasteiger partial charge >= 0.3 is 0 Å². The van der Waals surface area contributed by atoms with Crippen LogP contribution in [0.1, 0.15) is 47.7 Å². The van der Waals surface area contributed by atoms with Crippen molar-refractivity contribution in [1.82, 2.24) is 0 Å². The Morgan fingerprint density at radius 2 is 1.71 bits per heavy atom. The zero-order valence-electron chi connectivity index (χ0n) is 14.2. The molecule has 0 aliphatic heterocycles. The molecule has 128 valence electrons. The molecule has 4 nitrogen and oxygen atoms in total. The summed E-state index contributed by atoms with van der Waals surface area (Å²) in [4.78, 5) is 12.4. The number of carbonyl (C=O) groups is 1. The molecule has 2 aromatic rings. The van der Waals surface area contributed by atoms with Crippen LogP contribution in [0.4, 0.5) is 5.69 Å². The van der Waals surface area contributed by atoms with Crippen LogP contribution in [0.2, 0.25) is 0 Å². The van der Waals surface area contributed by atoms with E-state index >= 15 is 0 Å². The first-order valence-electron chi connectivity index (χ1n) is 7.97. The third-order valence-electron chi connectivity index (χ3n) is 4.00. The molecular weight excluding hydrogens is 322 g/mol. The topological polar surface area (TPSA) is 63.2 Å². The Hall–Kier alpha value is -2.14. The number of anilines is 1. The van der Waals surface area contributed by atoms with Crippen molar-refractivity contribution in [2.75, 3.05) is 11.6 Å². The van der Waals surface area contributed by atoms with Gasteiger partial charge in [0.1, 0.15) is 0 Å². The summed E-state index contributed by atoms with van der Waals surface area (Å²) in [5.74, 6) is 0.140. The maximum Gasteiger partial charge on any atom is 0.255 e. The highest BCUT2D eigenvalue weighted by Gasteiger charge is 2.12. The van der Waals surface area contributed by atoms with Crippen LogP contribution in [0.5, 0.6) is 0 Å². The number of rotatable bonds is 6. The second-order valence-corrected chi connectivity index (χ2v) is 8.26. The van der Waals surface area contributed by atoms with Crippen molar-refractivity contribution in [2.45, 2.75) is 31.9 Å². The molecule has 0 aromatic heterocycles. The smallest absolute Gasteiger partial charge is 0.255 e. The first-order chi connectivity index (χ1) is 11.3. The number of sulfone groups is 1. The summed E-state index contributed by atoms with van der Waals surface area (Å²) in [7, 11) is -3.08. The van der Waals surface area contributed by atoms with Crippen molar-refractivity contribution in [3.05, 3.63) is 65.2 Å². The van der Waals surface area contributed by atoms with Crippen LogP contribution >= 0.6 is 0 Å². The van der Waals surface area contributed by atoms with Gasteiger partial charge in [-0.15, -0.1) is 0 Å². The van der Waals surface area contributed by atoms with Crippen molar-refractivity contribution >= 4 is 21.4 Å². The maximum atomic E-state index is 12.4. The Bertz CT molecular complexity index is 811. The highest BCUT2D eigenvalue weighted by Crippen LogP contribution is 2.26. The fourth-order valence-electron chi connectivity index (χ4n) is 2.51. The lowest BCUT2D eigenvalue weighted by Crippen LogP contribution is -2.14.